The van der Waals surface area contributed by atoms with E-state index in [1.54, 1.807) is 14.2 Å². The molecule has 0 bridgehead atoms. The van der Waals surface area contributed by atoms with Crippen molar-refractivity contribution in [3.63, 3.8) is 0 Å². The van der Waals surface area contributed by atoms with Crippen LogP contribution in [0.4, 0.5) is 0 Å². The van der Waals surface area contributed by atoms with Gasteiger partial charge in [0, 0.05) is 57.3 Å². The number of carbonyl (C=O) groups excluding carboxylic acids is 1. The summed E-state index contributed by atoms with van der Waals surface area (Å²) in [6, 6.07) is 5.93. The molecule has 2 aliphatic rings. The lowest BCUT2D eigenvalue weighted by molar-refractivity contribution is -0.122. The standard InChI is InChI=1S/C22H35N5O3/c1-4-23-22(25-10-9-24-21(28)17-5-6-17)27-13-11-26(12-14-27)16-18-15-19(29-2)7-8-20(18)30-3/h7-8,15,17H,4-6,9-14,16H2,1-3H3,(H,23,25)(H,24,28). The van der Waals surface area contributed by atoms with Crippen molar-refractivity contribution in [2.45, 2.75) is 26.3 Å². The summed E-state index contributed by atoms with van der Waals surface area (Å²) in [5, 5.41) is 6.36. The number of carbonyl (C=O) groups is 1. The van der Waals surface area contributed by atoms with Gasteiger partial charge in [0.25, 0.3) is 0 Å². The molecule has 0 spiro atoms. The predicted octanol–water partition coefficient (Wildman–Crippen LogP) is 1.31. The minimum absolute atomic E-state index is 0.178. The zero-order valence-electron chi connectivity index (χ0n) is 18.4. The van der Waals surface area contributed by atoms with Gasteiger partial charge in [-0.05, 0) is 38.0 Å². The van der Waals surface area contributed by atoms with E-state index in [1.807, 2.05) is 18.2 Å². The quantitative estimate of drug-likeness (QED) is 0.358. The molecule has 1 amide bonds. The molecule has 166 valence electrons. The number of hydrogen-bond acceptors (Lipinski definition) is 5. The van der Waals surface area contributed by atoms with Gasteiger partial charge in [-0.2, -0.15) is 0 Å². The summed E-state index contributed by atoms with van der Waals surface area (Å²) >= 11 is 0. The zero-order valence-corrected chi connectivity index (χ0v) is 18.4. The summed E-state index contributed by atoms with van der Waals surface area (Å²) in [7, 11) is 3.39. The van der Waals surface area contributed by atoms with E-state index >= 15 is 0 Å². The lowest BCUT2D eigenvalue weighted by Crippen LogP contribution is -2.52. The number of ether oxygens (including phenoxy) is 2. The molecule has 0 atom stereocenters. The molecule has 0 radical (unpaired) electrons. The molecule has 1 heterocycles. The predicted molar refractivity (Wildman–Crippen MR) is 118 cm³/mol. The average Bonchev–Trinajstić information content (AvgIpc) is 3.62. The van der Waals surface area contributed by atoms with E-state index < -0.39 is 0 Å². The molecule has 1 aromatic rings. The molecule has 3 rings (SSSR count). The van der Waals surface area contributed by atoms with Crippen LogP contribution < -0.4 is 20.1 Å². The van der Waals surface area contributed by atoms with Crippen molar-refractivity contribution >= 4 is 11.9 Å². The van der Waals surface area contributed by atoms with Crippen LogP contribution in [0.15, 0.2) is 23.2 Å². The number of guanidine groups is 1. The van der Waals surface area contributed by atoms with E-state index in [1.165, 1.54) is 0 Å². The largest absolute Gasteiger partial charge is 0.497 e. The van der Waals surface area contributed by atoms with Gasteiger partial charge in [-0.25, -0.2) is 0 Å². The third kappa shape index (κ3) is 6.26. The number of aliphatic imine (C=N–C) groups is 1. The van der Waals surface area contributed by atoms with Crippen LogP contribution in [-0.4, -0.2) is 81.7 Å². The van der Waals surface area contributed by atoms with Crippen LogP contribution >= 0.6 is 0 Å². The Hall–Kier alpha value is -2.48. The van der Waals surface area contributed by atoms with Gasteiger partial charge in [-0.15, -0.1) is 0 Å². The van der Waals surface area contributed by atoms with Crippen LogP contribution in [0, 0.1) is 5.92 Å². The Morgan fingerprint density at radius 3 is 2.53 bits per heavy atom. The van der Waals surface area contributed by atoms with Crippen molar-refractivity contribution < 1.29 is 14.3 Å². The third-order valence-corrected chi connectivity index (χ3v) is 5.51. The maximum Gasteiger partial charge on any atom is 0.223 e. The number of methoxy groups -OCH3 is 2. The molecule has 30 heavy (non-hydrogen) atoms. The van der Waals surface area contributed by atoms with Gasteiger partial charge in [-0.1, -0.05) is 0 Å². The highest BCUT2D eigenvalue weighted by molar-refractivity contribution is 5.81. The van der Waals surface area contributed by atoms with Crippen LogP contribution in [-0.2, 0) is 11.3 Å². The lowest BCUT2D eigenvalue weighted by Gasteiger charge is -2.36. The molecular weight excluding hydrogens is 382 g/mol. The highest BCUT2D eigenvalue weighted by atomic mass is 16.5. The highest BCUT2D eigenvalue weighted by Gasteiger charge is 2.29. The summed E-state index contributed by atoms with van der Waals surface area (Å²) in [6.07, 6.45) is 2.06. The van der Waals surface area contributed by atoms with Gasteiger partial charge in [0.2, 0.25) is 5.91 Å². The fourth-order valence-electron chi connectivity index (χ4n) is 3.62. The van der Waals surface area contributed by atoms with Crippen molar-refractivity contribution in [1.29, 1.82) is 0 Å². The molecular formula is C22H35N5O3. The zero-order chi connectivity index (χ0) is 21.3. The number of rotatable bonds is 9. The summed E-state index contributed by atoms with van der Waals surface area (Å²) in [5.41, 5.74) is 1.14. The second kappa shape index (κ2) is 11.1. The molecule has 2 fully saturated rings. The molecule has 1 aromatic carbocycles. The van der Waals surface area contributed by atoms with Crippen molar-refractivity contribution in [2.75, 3.05) is 60.0 Å². The summed E-state index contributed by atoms with van der Waals surface area (Å²) in [5.74, 6) is 3.09. The van der Waals surface area contributed by atoms with E-state index in [9.17, 15) is 4.79 Å². The highest BCUT2D eigenvalue weighted by Crippen LogP contribution is 2.28. The van der Waals surface area contributed by atoms with E-state index in [-0.39, 0.29) is 11.8 Å². The molecule has 1 aliphatic heterocycles. The first-order valence-corrected chi connectivity index (χ1v) is 10.9. The summed E-state index contributed by atoms with van der Waals surface area (Å²) in [4.78, 5) is 21.2. The summed E-state index contributed by atoms with van der Waals surface area (Å²) < 4.78 is 10.9. The van der Waals surface area contributed by atoms with Gasteiger partial charge < -0.3 is 25.0 Å². The van der Waals surface area contributed by atoms with Crippen LogP contribution in [0.5, 0.6) is 11.5 Å². The van der Waals surface area contributed by atoms with E-state index in [0.717, 1.165) is 75.1 Å². The first kappa shape index (κ1) is 22.2. The number of piperazine rings is 1. The molecule has 8 heteroatoms. The topological polar surface area (TPSA) is 78.4 Å². The Morgan fingerprint density at radius 1 is 1.13 bits per heavy atom. The minimum atomic E-state index is 0.178. The normalized spacial score (nSPS) is 17.6. The smallest absolute Gasteiger partial charge is 0.223 e. The molecule has 2 N–H and O–H groups in total. The first-order valence-electron chi connectivity index (χ1n) is 10.9. The van der Waals surface area contributed by atoms with Gasteiger partial charge in [-0.3, -0.25) is 14.7 Å². The number of benzene rings is 1. The van der Waals surface area contributed by atoms with Crippen LogP contribution in [0.1, 0.15) is 25.3 Å². The van der Waals surface area contributed by atoms with E-state index in [2.05, 4.69) is 27.4 Å². The molecule has 1 saturated heterocycles. The maximum atomic E-state index is 11.7. The number of amides is 1. The molecule has 8 nitrogen and oxygen atoms in total. The van der Waals surface area contributed by atoms with Crippen molar-refractivity contribution in [3.05, 3.63) is 23.8 Å². The Balaban J connectivity index is 1.49. The van der Waals surface area contributed by atoms with Crippen molar-refractivity contribution in [2.24, 2.45) is 10.9 Å². The van der Waals surface area contributed by atoms with Gasteiger partial charge in [0.15, 0.2) is 5.96 Å². The van der Waals surface area contributed by atoms with Crippen LogP contribution in [0.25, 0.3) is 0 Å². The summed E-state index contributed by atoms with van der Waals surface area (Å²) in [6.45, 7) is 8.65. The fourth-order valence-corrected chi connectivity index (χ4v) is 3.62. The van der Waals surface area contributed by atoms with Gasteiger partial charge in [0.1, 0.15) is 11.5 Å². The molecule has 1 aliphatic carbocycles. The number of hydrogen-bond donors (Lipinski definition) is 2. The van der Waals surface area contributed by atoms with Gasteiger partial charge >= 0.3 is 0 Å². The van der Waals surface area contributed by atoms with Crippen LogP contribution in [0.2, 0.25) is 0 Å². The van der Waals surface area contributed by atoms with Gasteiger partial charge in [0.05, 0.1) is 20.8 Å². The lowest BCUT2D eigenvalue weighted by atomic mass is 10.1. The first-order chi connectivity index (χ1) is 14.6. The van der Waals surface area contributed by atoms with E-state index in [4.69, 9.17) is 14.5 Å². The SMILES string of the molecule is CCNC(=NCCNC(=O)C1CC1)N1CCN(Cc2cc(OC)ccc2OC)CC1. The number of nitrogens with zero attached hydrogens (tertiary/aromatic N) is 3. The molecule has 0 aromatic heterocycles. The van der Waals surface area contributed by atoms with Crippen LogP contribution in [0.3, 0.4) is 0 Å². The number of nitrogens with one attached hydrogen (secondary N) is 2. The average molecular weight is 418 g/mol. The monoisotopic (exact) mass is 417 g/mol. The fraction of sp³-hybridized carbons (Fsp3) is 0.636. The minimum Gasteiger partial charge on any atom is -0.497 e. The Kier molecular flexibility index (Phi) is 8.19. The Bertz CT molecular complexity index is 727. The second-order valence-corrected chi connectivity index (χ2v) is 7.74. The third-order valence-electron chi connectivity index (χ3n) is 5.51. The van der Waals surface area contributed by atoms with Crippen molar-refractivity contribution in [3.8, 4) is 11.5 Å². The second-order valence-electron chi connectivity index (χ2n) is 7.74. The van der Waals surface area contributed by atoms with E-state index in [0.29, 0.717) is 13.1 Å². The molecule has 0 unspecified atom stereocenters. The van der Waals surface area contributed by atoms with Crippen molar-refractivity contribution in [1.82, 2.24) is 20.4 Å². The Morgan fingerprint density at radius 2 is 1.90 bits per heavy atom. The molecule has 1 saturated carbocycles. The Labute approximate surface area is 179 Å². The maximum absolute atomic E-state index is 11.7.